The summed E-state index contributed by atoms with van der Waals surface area (Å²) in [5.74, 6) is 1.71. The van der Waals surface area contributed by atoms with E-state index in [1.807, 2.05) is 56.3 Å². The molecule has 0 atom stereocenters. The monoisotopic (exact) mass is 445 g/mol. The van der Waals surface area contributed by atoms with Gasteiger partial charge in [-0.3, -0.25) is 9.59 Å². The largest absolute Gasteiger partial charge is 0.494 e. The van der Waals surface area contributed by atoms with Gasteiger partial charge >= 0.3 is 0 Å². The van der Waals surface area contributed by atoms with E-state index < -0.39 is 0 Å². The first kappa shape index (κ1) is 21.8. The molecular formula is C25H23N3O3S. The van der Waals surface area contributed by atoms with Crippen LogP contribution in [0.25, 0.3) is 16.7 Å². The second-order valence-electron chi connectivity index (χ2n) is 7.34. The number of aromatic nitrogens is 3. The SMILES string of the molecule is CCOc1ccc(C(C)=O)cc1CSc1nc2ccccc2c(=O)n1-c1cc(C)ccn1. The van der Waals surface area contributed by atoms with Crippen LogP contribution in [0.4, 0.5) is 0 Å². The van der Waals surface area contributed by atoms with Crippen molar-refractivity contribution in [2.45, 2.75) is 31.7 Å². The molecule has 0 aliphatic rings. The fourth-order valence-electron chi connectivity index (χ4n) is 3.40. The average Bonchev–Trinajstić information content (AvgIpc) is 2.78. The fraction of sp³-hybridized carbons (Fsp3) is 0.200. The number of hydrogen-bond donors (Lipinski definition) is 0. The van der Waals surface area contributed by atoms with Crippen LogP contribution in [0, 0.1) is 6.92 Å². The molecule has 4 rings (SSSR count). The fourth-order valence-corrected chi connectivity index (χ4v) is 4.38. The van der Waals surface area contributed by atoms with Crippen LogP contribution >= 0.6 is 11.8 Å². The first-order valence-corrected chi connectivity index (χ1v) is 11.3. The number of ketones is 1. The van der Waals surface area contributed by atoms with Crippen molar-refractivity contribution in [3.8, 4) is 11.6 Å². The van der Waals surface area contributed by atoms with Crippen LogP contribution in [0.15, 0.2) is 70.7 Å². The Balaban J connectivity index is 1.81. The Bertz CT molecular complexity index is 1360. The Kier molecular flexibility index (Phi) is 6.37. The predicted molar refractivity (Wildman–Crippen MR) is 127 cm³/mol. The van der Waals surface area contributed by atoms with E-state index >= 15 is 0 Å². The zero-order chi connectivity index (χ0) is 22.7. The van der Waals surface area contributed by atoms with Crippen molar-refractivity contribution in [1.82, 2.24) is 14.5 Å². The van der Waals surface area contributed by atoms with E-state index in [4.69, 9.17) is 9.72 Å². The molecule has 0 saturated heterocycles. The molecule has 7 heteroatoms. The Morgan fingerprint density at radius 3 is 2.69 bits per heavy atom. The number of fused-ring (bicyclic) bond motifs is 1. The summed E-state index contributed by atoms with van der Waals surface area (Å²) in [7, 11) is 0. The molecular weight excluding hydrogens is 422 g/mol. The minimum atomic E-state index is -0.168. The lowest BCUT2D eigenvalue weighted by molar-refractivity contribution is 0.101. The molecule has 0 N–H and O–H groups in total. The summed E-state index contributed by atoms with van der Waals surface area (Å²) in [5, 5.41) is 1.07. The number of carbonyl (C=O) groups is 1. The van der Waals surface area contributed by atoms with Crippen LogP contribution in [-0.4, -0.2) is 26.9 Å². The summed E-state index contributed by atoms with van der Waals surface area (Å²) in [6, 6.07) is 16.5. The molecule has 0 amide bonds. The van der Waals surface area contributed by atoms with E-state index in [0.717, 1.165) is 11.1 Å². The summed E-state index contributed by atoms with van der Waals surface area (Å²) in [6.45, 7) is 5.93. The summed E-state index contributed by atoms with van der Waals surface area (Å²) in [5.41, 5.74) is 2.95. The number of aryl methyl sites for hydroxylation is 1. The molecule has 4 aromatic rings. The average molecular weight is 446 g/mol. The zero-order valence-electron chi connectivity index (χ0n) is 18.2. The van der Waals surface area contributed by atoms with Crippen LogP contribution in [0.1, 0.15) is 35.3 Å². The van der Waals surface area contributed by atoms with Crippen molar-refractivity contribution in [2.75, 3.05) is 6.61 Å². The van der Waals surface area contributed by atoms with E-state index in [-0.39, 0.29) is 11.3 Å². The summed E-state index contributed by atoms with van der Waals surface area (Å²) in [6.07, 6.45) is 1.68. The number of hydrogen-bond acceptors (Lipinski definition) is 6. The molecule has 2 heterocycles. The second kappa shape index (κ2) is 9.36. The van der Waals surface area contributed by atoms with Crippen molar-refractivity contribution < 1.29 is 9.53 Å². The van der Waals surface area contributed by atoms with Crippen LogP contribution in [0.5, 0.6) is 5.75 Å². The highest BCUT2D eigenvalue weighted by Gasteiger charge is 2.16. The Morgan fingerprint density at radius 1 is 1.12 bits per heavy atom. The lowest BCUT2D eigenvalue weighted by Gasteiger charge is -2.14. The first-order chi connectivity index (χ1) is 15.5. The van der Waals surface area contributed by atoms with Gasteiger partial charge in [0.15, 0.2) is 10.9 Å². The van der Waals surface area contributed by atoms with E-state index in [1.165, 1.54) is 11.8 Å². The number of thioether (sulfide) groups is 1. The Morgan fingerprint density at radius 2 is 1.94 bits per heavy atom. The van der Waals surface area contributed by atoms with Gasteiger partial charge in [0, 0.05) is 23.1 Å². The number of nitrogens with zero attached hydrogens (tertiary/aromatic N) is 3. The number of ether oxygens (including phenoxy) is 1. The number of carbonyl (C=O) groups excluding carboxylic acids is 1. The standard InChI is InChI=1S/C25H23N3O3S/c1-4-31-22-10-9-18(17(3)29)14-19(22)15-32-25-27-21-8-6-5-7-20(21)24(30)28(25)23-13-16(2)11-12-26-23/h5-14H,4,15H2,1-3H3. The third-order valence-corrected chi connectivity index (χ3v) is 5.99. The highest BCUT2D eigenvalue weighted by atomic mass is 32.2. The maximum atomic E-state index is 13.4. The van der Waals surface area contributed by atoms with Gasteiger partial charge in [-0.1, -0.05) is 23.9 Å². The normalized spacial score (nSPS) is 11.0. The molecule has 0 aliphatic carbocycles. The smallest absolute Gasteiger partial charge is 0.267 e. The predicted octanol–water partition coefficient (Wildman–Crippen LogP) is 4.98. The van der Waals surface area contributed by atoms with Gasteiger partial charge < -0.3 is 4.74 Å². The lowest BCUT2D eigenvalue weighted by atomic mass is 10.1. The van der Waals surface area contributed by atoms with Crippen molar-refractivity contribution in [1.29, 1.82) is 0 Å². The van der Waals surface area contributed by atoms with Gasteiger partial charge in [0.1, 0.15) is 11.6 Å². The topological polar surface area (TPSA) is 74.1 Å². The molecule has 2 aromatic heterocycles. The second-order valence-corrected chi connectivity index (χ2v) is 8.29. The first-order valence-electron chi connectivity index (χ1n) is 10.3. The number of pyridine rings is 1. The molecule has 0 aliphatic heterocycles. The Hall–Kier alpha value is -3.45. The van der Waals surface area contributed by atoms with Gasteiger partial charge in [-0.2, -0.15) is 0 Å². The highest BCUT2D eigenvalue weighted by Crippen LogP contribution is 2.29. The Labute approximate surface area is 190 Å². The molecule has 0 fully saturated rings. The third kappa shape index (κ3) is 4.43. The minimum absolute atomic E-state index is 0.0102. The maximum absolute atomic E-state index is 13.4. The quantitative estimate of drug-likeness (QED) is 0.227. The van der Waals surface area contributed by atoms with E-state index in [2.05, 4.69) is 4.98 Å². The lowest BCUT2D eigenvalue weighted by Crippen LogP contribution is -2.22. The van der Waals surface area contributed by atoms with Gasteiger partial charge in [-0.25, -0.2) is 14.5 Å². The molecule has 0 spiro atoms. The molecule has 32 heavy (non-hydrogen) atoms. The van der Waals surface area contributed by atoms with Crippen LogP contribution in [0.2, 0.25) is 0 Å². The molecule has 162 valence electrons. The summed E-state index contributed by atoms with van der Waals surface area (Å²) >= 11 is 1.41. The minimum Gasteiger partial charge on any atom is -0.494 e. The van der Waals surface area contributed by atoms with Gasteiger partial charge in [0.05, 0.1) is 17.5 Å². The number of para-hydroxylation sites is 1. The van der Waals surface area contributed by atoms with Gasteiger partial charge in [-0.15, -0.1) is 0 Å². The molecule has 6 nitrogen and oxygen atoms in total. The van der Waals surface area contributed by atoms with Crippen LogP contribution < -0.4 is 10.3 Å². The van der Waals surface area contributed by atoms with Crippen molar-refractivity contribution >= 4 is 28.4 Å². The number of benzene rings is 2. The summed E-state index contributed by atoms with van der Waals surface area (Å²) in [4.78, 5) is 34.5. The van der Waals surface area contributed by atoms with Crippen molar-refractivity contribution in [2.24, 2.45) is 0 Å². The highest BCUT2D eigenvalue weighted by molar-refractivity contribution is 7.98. The number of rotatable bonds is 7. The molecule has 0 saturated carbocycles. The van der Waals surface area contributed by atoms with E-state index in [0.29, 0.717) is 45.5 Å². The van der Waals surface area contributed by atoms with Crippen molar-refractivity contribution in [3.05, 3.63) is 87.8 Å². The van der Waals surface area contributed by atoms with E-state index in [9.17, 15) is 9.59 Å². The summed E-state index contributed by atoms with van der Waals surface area (Å²) < 4.78 is 7.31. The molecule has 0 radical (unpaired) electrons. The molecule has 2 aromatic carbocycles. The molecule has 0 unspecified atom stereocenters. The molecule has 0 bridgehead atoms. The third-order valence-electron chi connectivity index (χ3n) is 5.00. The van der Waals surface area contributed by atoms with Crippen molar-refractivity contribution in [3.63, 3.8) is 0 Å². The van der Waals surface area contributed by atoms with Crippen LogP contribution in [-0.2, 0) is 5.75 Å². The zero-order valence-corrected chi connectivity index (χ0v) is 19.0. The van der Waals surface area contributed by atoms with Gasteiger partial charge in [-0.05, 0) is 68.8 Å². The van der Waals surface area contributed by atoms with Gasteiger partial charge in [0.25, 0.3) is 5.56 Å². The number of Topliss-reactive ketones (excluding diaryl/α,β-unsaturated/α-hetero) is 1. The van der Waals surface area contributed by atoms with Crippen LogP contribution in [0.3, 0.4) is 0 Å². The van der Waals surface area contributed by atoms with Gasteiger partial charge in [0.2, 0.25) is 0 Å². The maximum Gasteiger partial charge on any atom is 0.267 e. The van der Waals surface area contributed by atoms with E-state index in [1.54, 1.807) is 29.8 Å².